The lowest BCUT2D eigenvalue weighted by atomic mass is 10.1. The van der Waals surface area contributed by atoms with Gasteiger partial charge in [-0.1, -0.05) is 12.1 Å². The van der Waals surface area contributed by atoms with E-state index in [1.165, 1.54) is 18.4 Å². The molecule has 1 saturated heterocycles. The summed E-state index contributed by atoms with van der Waals surface area (Å²) < 4.78 is 11.0. The predicted octanol–water partition coefficient (Wildman–Crippen LogP) is 2.07. The van der Waals surface area contributed by atoms with E-state index in [0.29, 0.717) is 12.1 Å². The molecule has 4 nitrogen and oxygen atoms in total. The number of hydrogen-bond acceptors (Lipinski definition) is 4. The van der Waals surface area contributed by atoms with E-state index in [4.69, 9.17) is 9.47 Å². The van der Waals surface area contributed by atoms with Crippen molar-refractivity contribution in [3.8, 4) is 5.75 Å². The minimum atomic E-state index is 0.339. The maximum atomic E-state index is 5.64. The fourth-order valence-corrected chi connectivity index (χ4v) is 2.63. The zero-order valence-electron chi connectivity index (χ0n) is 12.8. The van der Waals surface area contributed by atoms with Gasteiger partial charge in [-0.3, -0.25) is 0 Å². The van der Waals surface area contributed by atoms with Crippen molar-refractivity contribution in [1.82, 2.24) is 10.2 Å². The summed E-state index contributed by atoms with van der Waals surface area (Å²) in [7, 11) is 5.93. The van der Waals surface area contributed by atoms with Gasteiger partial charge in [0.2, 0.25) is 0 Å². The maximum absolute atomic E-state index is 5.64. The second-order valence-corrected chi connectivity index (χ2v) is 5.55. The van der Waals surface area contributed by atoms with Gasteiger partial charge in [0.25, 0.3) is 0 Å². The van der Waals surface area contributed by atoms with E-state index in [0.717, 1.165) is 25.4 Å². The van der Waals surface area contributed by atoms with Crippen molar-refractivity contribution in [2.75, 3.05) is 40.9 Å². The van der Waals surface area contributed by atoms with Crippen molar-refractivity contribution >= 4 is 0 Å². The highest BCUT2D eigenvalue weighted by atomic mass is 16.5. The molecule has 0 aliphatic carbocycles. The molecule has 2 rings (SSSR count). The molecule has 112 valence electrons. The summed E-state index contributed by atoms with van der Waals surface area (Å²) >= 11 is 0. The van der Waals surface area contributed by atoms with Crippen molar-refractivity contribution in [2.45, 2.75) is 25.0 Å². The molecule has 4 heteroatoms. The van der Waals surface area contributed by atoms with E-state index in [1.807, 2.05) is 12.1 Å². The van der Waals surface area contributed by atoms with Crippen molar-refractivity contribution in [2.24, 2.45) is 0 Å². The van der Waals surface area contributed by atoms with Gasteiger partial charge in [-0.25, -0.2) is 0 Å². The first-order valence-electron chi connectivity index (χ1n) is 7.33. The Balaban J connectivity index is 1.91. The largest absolute Gasteiger partial charge is 0.497 e. The summed E-state index contributed by atoms with van der Waals surface area (Å²) in [6.45, 7) is 2.77. The van der Waals surface area contributed by atoms with Crippen LogP contribution in [0.4, 0.5) is 0 Å². The maximum Gasteiger partial charge on any atom is 0.119 e. The molecular weight excluding hydrogens is 252 g/mol. The van der Waals surface area contributed by atoms with E-state index in [1.54, 1.807) is 7.11 Å². The molecule has 1 aliphatic heterocycles. The third-order valence-electron chi connectivity index (χ3n) is 3.84. The van der Waals surface area contributed by atoms with Crippen molar-refractivity contribution in [3.05, 3.63) is 29.8 Å². The van der Waals surface area contributed by atoms with E-state index in [2.05, 4.69) is 36.4 Å². The van der Waals surface area contributed by atoms with Crippen LogP contribution in [0.5, 0.6) is 5.75 Å². The number of nitrogens with one attached hydrogen (secondary N) is 1. The smallest absolute Gasteiger partial charge is 0.119 e. The molecule has 1 aliphatic rings. The molecule has 1 N–H and O–H groups in total. The Morgan fingerprint density at radius 1 is 1.45 bits per heavy atom. The van der Waals surface area contributed by atoms with E-state index in [9.17, 15) is 0 Å². The normalized spacial score (nSPS) is 20.3. The highest BCUT2D eigenvalue weighted by Gasteiger charge is 2.18. The van der Waals surface area contributed by atoms with Crippen LogP contribution in [-0.4, -0.2) is 51.9 Å². The summed E-state index contributed by atoms with van der Waals surface area (Å²) in [5, 5.41) is 3.54. The highest BCUT2D eigenvalue weighted by Crippen LogP contribution is 2.22. The number of rotatable bonds is 7. The van der Waals surface area contributed by atoms with Crippen LogP contribution in [0, 0.1) is 0 Å². The molecule has 1 aromatic carbocycles. The van der Waals surface area contributed by atoms with Gasteiger partial charge in [-0.15, -0.1) is 0 Å². The quantitative estimate of drug-likeness (QED) is 0.828. The second-order valence-electron chi connectivity index (χ2n) is 5.55. The van der Waals surface area contributed by atoms with Crippen molar-refractivity contribution in [1.29, 1.82) is 0 Å². The first-order chi connectivity index (χ1) is 9.70. The summed E-state index contributed by atoms with van der Waals surface area (Å²) in [5.41, 5.74) is 1.27. The summed E-state index contributed by atoms with van der Waals surface area (Å²) in [6, 6.07) is 8.63. The van der Waals surface area contributed by atoms with E-state index >= 15 is 0 Å². The van der Waals surface area contributed by atoms with Gasteiger partial charge in [0.1, 0.15) is 5.75 Å². The minimum absolute atomic E-state index is 0.339. The molecule has 20 heavy (non-hydrogen) atoms. The van der Waals surface area contributed by atoms with Gasteiger partial charge in [-0.05, 0) is 44.6 Å². The van der Waals surface area contributed by atoms with Crippen molar-refractivity contribution < 1.29 is 9.47 Å². The van der Waals surface area contributed by atoms with Gasteiger partial charge in [0.05, 0.1) is 13.2 Å². The van der Waals surface area contributed by atoms with Crippen LogP contribution in [0.25, 0.3) is 0 Å². The average molecular weight is 278 g/mol. The molecule has 1 aromatic rings. The molecule has 0 saturated carbocycles. The molecular formula is C16H26N2O2. The fraction of sp³-hybridized carbons (Fsp3) is 0.625. The Morgan fingerprint density at radius 2 is 2.30 bits per heavy atom. The standard InChI is InChI=1S/C16H26N2O2/c1-18(2)16(12-17-11-15-8-5-9-20-15)13-6-4-7-14(10-13)19-3/h4,6-7,10,15-17H,5,8-9,11-12H2,1-3H3. The Morgan fingerprint density at radius 3 is 2.95 bits per heavy atom. The first-order valence-corrected chi connectivity index (χ1v) is 7.33. The number of ether oxygens (including phenoxy) is 2. The zero-order chi connectivity index (χ0) is 14.4. The number of likely N-dealkylation sites (N-methyl/N-ethyl adjacent to an activating group) is 1. The van der Waals surface area contributed by atoms with Crippen LogP contribution < -0.4 is 10.1 Å². The Kier molecular flexibility index (Phi) is 5.83. The first kappa shape index (κ1) is 15.3. The molecule has 0 aromatic heterocycles. The molecule has 1 fully saturated rings. The Labute approximate surface area is 122 Å². The molecule has 0 radical (unpaired) electrons. The predicted molar refractivity (Wildman–Crippen MR) is 81.3 cm³/mol. The van der Waals surface area contributed by atoms with Crippen LogP contribution >= 0.6 is 0 Å². The van der Waals surface area contributed by atoms with Gasteiger partial charge >= 0.3 is 0 Å². The second kappa shape index (κ2) is 7.62. The SMILES string of the molecule is COc1cccc(C(CNCC2CCCO2)N(C)C)c1. The third kappa shape index (κ3) is 4.20. The van der Waals surface area contributed by atoms with Gasteiger partial charge < -0.3 is 19.7 Å². The van der Waals surface area contributed by atoms with Crippen LogP contribution in [0.2, 0.25) is 0 Å². The summed E-state index contributed by atoms with van der Waals surface area (Å²) in [5.74, 6) is 0.911. The number of hydrogen-bond donors (Lipinski definition) is 1. The monoisotopic (exact) mass is 278 g/mol. The third-order valence-corrected chi connectivity index (χ3v) is 3.84. The minimum Gasteiger partial charge on any atom is -0.497 e. The fourth-order valence-electron chi connectivity index (χ4n) is 2.63. The number of nitrogens with zero attached hydrogens (tertiary/aromatic N) is 1. The van der Waals surface area contributed by atoms with E-state index < -0.39 is 0 Å². The van der Waals surface area contributed by atoms with E-state index in [-0.39, 0.29) is 0 Å². The van der Waals surface area contributed by atoms with Crippen LogP contribution in [0.1, 0.15) is 24.4 Å². The van der Waals surface area contributed by atoms with Crippen LogP contribution in [0.3, 0.4) is 0 Å². The average Bonchev–Trinajstić information content (AvgIpc) is 2.96. The lowest BCUT2D eigenvalue weighted by Crippen LogP contribution is -2.35. The lowest BCUT2D eigenvalue weighted by molar-refractivity contribution is 0.108. The lowest BCUT2D eigenvalue weighted by Gasteiger charge is -2.26. The van der Waals surface area contributed by atoms with Crippen LogP contribution in [0.15, 0.2) is 24.3 Å². The van der Waals surface area contributed by atoms with Gasteiger partial charge in [0, 0.05) is 25.7 Å². The van der Waals surface area contributed by atoms with Gasteiger partial charge in [-0.2, -0.15) is 0 Å². The molecule has 1 heterocycles. The molecule has 0 bridgehead atoms. The van der Waals surface area contributed by atoms with Gasteiger partial charge in [0.15, 0.2) is 0 Å². The van der Waals surface area contributed by atoms with Crippen molar-refractivity contribution in [3.63, 3.8) is 0 Å². The molecule has 0 amide bonds. The topological polar surface area (TPSA) is 33.7 Å². The molecule has 2 atom stereocenters. The Hall–Kier alpha value is -1.10. The molecule has 2 unspecified atom stereocenters. The number of methoxy groups -OCH3 is 1. The molecule has 0 spiro atoms. The Bertz CT molecular complexity index is 403. The summed E-state index contributed by atoms with van der Waals surface area (Å²) in [6.07, 6.45) is 2.76. The zero-order valence-corrected chi connectivity index (χ0v) is 12.8. The highest BCUT2D eigenvalue weighted by molar-refractivity contribution is 5.30. The summed E-state index contributed by atoms with van der Waals surface area (Å²) in [4.78, 5) is 2.23. The number of benzene rings is 1. The van der Waals surface area contributed by atoms with Crippen LogP contribution in [-0.2, 0) is 4.74 Å².